The minimum atomic E-state index is -4.00. The Labute approximate surface area is 148 Å². The average molecular weight is 368 g/mol. The van der Waals surface area contributed by atoms with Gasteiger partial charge in [-0.05, 0) is 18.6 Å². The van der Waals surface area contributed by atoms with Gasteiger partial charge in [-0.2, -0.15) is 4.31 Å². The molecule has 1 aromatic carbocycles. The molecule has 1 aromatic rings. The van der Waals surface area contributed by atoms with Gasteiger partial charge >= 0.3 is 5.97 Å². The molecule has 0 unspecified atom stereocenters. The number of methoxy groups -OCH3 is 1. The number of rotatable bonds is 6. The van der Waals surface area contributed by atoms with Gasteiger partial charge in [0.05, 0.1) is 17.6 Å². The third kappa shape index (κ3) is 3.85. The van der Waals surface area contributed by atoms with Gasteiger partial charge < -0.3 is 9.64 Å². The van der Waals surface area contributed by atoms with Gasteiger partial charge in [-0.15, -0.1) is 0 Å². The predicted molar refractivity (Wildman–Crippen MR) is 92.6 cm³/mol. The maximum atomic E-state index is 13.2. The van der Waals surface area contributed by atoms with E-state index >= 15 is 0 Å². The van der Waals surface area contributed by atoms with E-state index in [2.05, 4.69) is 0 Å². The second-order valence-corrected chi connectivity index (χ2v) is 7.88. The molecule has 2 rings (SSSR count). The van der Waals surface area contributed by atoms with Crippen LogP contribution in [0.2, 0.25) is 0 Å². The summed E-state index contributed by atoms with van der Waals surface area (Å²) in [5, 5.41) is 0. The van der Waals surface area contributed by atoms with Crippen molar-refractivity contribution in [1.29, 1.82) is 0 Å². The molecule has 1 aliphatic heterocycles. The Morgan fingerprint density at radius 2 is 1.96 bits per heavy atom. The van der Waals surface area contributed by atoms with Crippen molar-refractivity contribution in [3.05, 3.63) is 29.8 Å². The fourth-order valence-corrected chi connectivity index (χ4v) is 4.73. The Morgan fingerprint density at radius 3 is 2.60 bits per heavy atom. The highest BCUT2D eigenvalue weighted by atomic mass is 32.2. The van der Waals surface area contributed by atoms with E-state index in [1.54, 1.807) is 24.1 Å². The molecule has 0 aliphatic carbocycles. The molecular weight excluding hydrogens is 344 g/mol. The van der Waals surface area contributed by atoms with Crippen molar-refractivity contribution in [2.45, 2.75) is 37.1 Å². The molecule has 1 fully saturated rings. The summed E-state index contributed by atoms with van der Waals surface area (Å²) in [4.78, 5) is 25.9. The monoisotopic (exact) mass is 368 g/mol. The molecule has 0 saturated carbocycles. The van der Waals surface area contributed by atoms with Crippen LogP contribution in [0.5, 0.6) is 0 Å². The fraction of sp³-hybridized carbons (Fsp3) is 0.529. The van der Waals surface area contributed by atoms with E-state index in [1.165, 1.54) is 23.5 Å². The number of piperazine rings is 1. The SMILES string of the molecule is CCCC[C@@H]1C(=O)N(C)CCN1S(=O)(=O)c1ccccc1C(=O)OC. The van der Waals surface area contributed by atoms with E-state index in [0.29, 0.717) is 13.0 Å². The zero-order valence-electron chi connectivity index (χ0n) is 14.8. The first kappa shape index (κ1) is 19.4. The Bertz CT molecular complexity index is 747. The molecule has 0 spiro atoms. The van der Waals surface area contributed by atoms with Crippen molar-refractivity contribution in [2.75, 3.05) is 27.2 Å². The predicted octanol–water partition coefficient (Wildman–Crippen LogP) is 1.49. The van der Waals surface area contributed by atoms with Crippen LogP contribution < -0.4 is 0 Å². The number of carbonyl (C=O) groups excluding carboxylic acids is 2. The number of unbranched alkanes of at least 4 members (excludes halogenated alkanes) is 1. The molecular formula is C17H24N2O5S. The second-order valence-electron chi connectivity index (χ2n) is 6.02. The number of esters is 1. The van der Waals surface area contributed by atoms with Crippen LogP contribution in [0, 0.1) is 0 Å². The molecule has 0 radical (unpaired) electrons. The van der Waals surface area contributed by atoms with Gasteiger partial charge in [-0.3, -0.25) is 4.79 Å². The number of likely N-dealkylation sites (N-methyl/N-ethyl adjacent to an activating group) is 1. The molecule has 7 nitrogen and oxygen atoms in total. The van der Waals surface area contributed by atoms with E-state index in [1.807, 2.05) is 6.92 Å². The van der Waals surface area contributed by atoms with E-state index < -0.39 is 22.0 Å². The number of benzene rings is 1. The molecule has 138 valence electrons. The lowest BCUT2D eigenvalue weighted by Crippen LogP contribution is -2.57. The van der Waals surface area contributed by atoms with Crippen molar-refractivity contribution in [1.82, 2.24) is 9.21 Å². The van der Waals surface area contributed by atoms with Crippen molar-refractivity contribution in [3.63, 3.8) is 0 Å². The summed E-state index contributed by atoms with van der Waals surface area (Å²) in [5.74, 6) is -0.927. The van der Waals surface area contributed by atoms with Gasteiger partial charge in [0, 0.05) is 20.1 Å². The third-order valence-electron chi connectivity index (χ3n) is 4.37. The Morgan fingerprint density at radius 1 is 1.28 bits per heavy atom. The summed E-state index contributed by atoms with van der Waals surface area (Å²) < 4.78 is 32.3. The largest absolute Gasteiger partial charge is 0.465 e. The summed E-state index contributed by atoms with van der Waals surface area (Å²) in [6.07, 6.45) is 2.06. The molecule has 0 N–H and O–H groups in total. The first-order chi connectivity index (χ1) is 11.8. The first-order valence-electron chi connectivity index (χ1n) is 8.28. The van der Waals surface area contributed by atoms with Crippen LogP contribution in [-0.4, -0.2) is 62.8 Å². The highest BCUT2D eigenvalue weighted by Gasteiger charge is 2.41. The number of carbonyl (C=O) groups is 2. The summed E-state index contributed by atoms with van der Waals surface area (Å²) in [6.45, 7) is 2.51. The minimum absolute atomic E-state index is 0.0226. The molecule has 25 heavy (non-hydrogen) atoms. The maximum absolute atomic E-state index is 13.2. The molecule has 1 amide bonds. The molecule has 0 aromatic heterocycles. The molecule has 1 heterocycles. The molecule has 1 aliphatic rings. The van der Waals surface area contributed by atoms with Gasteiger partial charge in [0.25, 0.3) is 0 Å². The number of ether oxygens (including phenoxy) is 1. The van der Waals surface area contributed by atoms with Gasteiger partial charge in [-0.25, -0.2) is 13.2 Å². The van der Waals surface area contributed by atoms with Crippen LogP contribution in [0.3, 0.4) is 0 Å². The Balaban J connectivity index is 2.47. The van der Waals surface area contributed by atoms with Gasteiger partial charge in [0.15, 0.2) is 0 Å². The van der Waals surface area contributed by atoms with Crippen LogP contribution in [0.15, 0.2) is 29.2 Å². The number of hydrogen-bond acceptors (Lipinski definition) is 5. The van der Waals surface area contributed by atoms with Crippen LogP contribution in [0.1, 0.15) is 36.5 Å². The zero-order valence-corrected chi connectivity index (χ0v) is 15.6. The van der Waals surface area contributed by atoms with Crippen molar-refractivity contribution in [2.24, 2.45) is 0 Å². The van der Waals surface area contributed by atoms with Crippen molar-refractivity contribution < 1.29 is 22.7 Å². The van der Waals surface area contributed by atoms with Crippen LogP contribution in [0.25, 0.3) is 0 Å². The first-order valence-corrected chi connectivity index (χ1v) is 9.72. The third-order valence-corrected chi connectivity index (χ3v) is 6.34. The Hall–Kier alpha value is -1.93. The highest BCUT2D eigenvalue weighted by molar-refractivity contribution is 7.89. The fourth-order valence-electron chi connectivity index (χ4n) is 2.94. The summed E-state index contributed by atoms with van der Waals surface area (Å²) in [5.41, 5.74) is -0.0226. The van der Waals surface area contributed by atoms with E-state index in [-0.39, 0.29) is 22.9 Å². The average Bonchev–Trinajstić information content (AvgIpc) is 2.62. The molecule has 8 heteroatoms. The standard InChI is InChI=1S/C17H24N2O5S/c1-4-5-9-14-16(20)18(2)11-12-19(14)25(22,23)15-10-7-6-8-13(15)17(21)24-3/h6-8,10,14H,4-5,9,11-12H2,1-3H3/t14-/m1/s1. The van der Waals surface area contributed by atoms with Crippen LogP contribution in [0.4, 0.5) is 0 Å². The number of hydrogen-bond donors (Lipinski definition) is 0. The van der Waals surface area contributed by atoms with Crippen molar-refractivity contribution in [3.8, 4) is 0 Å². The van der Waals surface area contributed by atoms with Gasteiger partial charge in [0.2, 0.25) is 15.9 Å². The van der Waals surface area contributed by atoms with E-state index in [9.17, 15) is 18.0 Å². The molecule has 1 atom stereocenters. The lowest BCUT2D eigenvalue weighted by Gasteiger charge is -2.38. The van der Waals surface area contributed by atoms with E-state index in [4.69, 9.17) is 4.74 Å². The maximum Gasteiger partial charge on any atom is 0.339 e. The lowest BCUT2D eigenvalue weighted by molar-refractivity contribution is -0.137. The quantitative estimate of drug-likeness (QED) is 0.711. The van der Waals surface area contributed by atoms with Gasteiger partial charge in [0.1, 0.15) is 6.04 Å². The Kier molecular flexibility index (Phi) is 6.18. The van der Waals surface area contributed by atoms with Crippen molar-refractivity contribution >= 4 is 21.9 Å². The van der Waals surface area contributed by atoms with Gasteiger partial charge in [-0.1, -0.05) is 31.9 Å². The van der Waals surface area contributed by atoms with E-state index in [0.717, 1.165) is 12.8 Å². The van der Waals surface area contributed by atoms with Crippen LogP contribution >= 0.6 is 0 Å². The smallest absolute Gasteiger partial charge is 0.339 e. The number of sulfonamides is 1. The highest BCUT2D eigenvalue weighted by Crippen LogP contribution is 2.27. The minimum Gasteiger partial charge on any atom is -0.465 e. The summed E-state index contributed by atoms with van der Waals surface area (Å²) in [7, 11) is -1.12. The topological polar surface area (TPSA) is 84.0 Å². The number of amides is 1. The molecule has 0 bridgehead atoms. The summed E-state index contributed by atoms with van der Waals surface area (Å²) >= 11 is 0. The molecule has 1 saturated heterocycles. The lowest BCUT2D eigenvalue weighted by atomic mass is 10.1. The van der Waals surface area contributed by atoms with Crippen LogP contribution in [-0.2, 0) is 19.6 Å². The normalized spacial score (nSPS) is 19.1. The number of nitrogens with zero attached hydrogens (tertiary/aromatic N) is 2. The summed E-state index contributed by atoms with van der Waals surface area (Å²) in [6, 6.07) is 5.18. The second kappa shape index (κ2) is 7.97. The zero-order chi connectivity index (χ0) is 18.6.